The summed E-state index contributed by atoms with van der Waals surface area (Å²) in [5.41, 5.74) is 2.10. The van der Waals surface area contributed by atoms with E-state index in [9.17, 15) is 0 Å². The van der Waals surface area contributed by atoms with Crippen LogP contribution in [0.1, 0.15) is 16.2 Å². The SMILES string of the molecule is COc1ccc(C(Cl)[PH](c2ccccc2)(c2ccccc2)c2ccccc2)cc1OCc1ccccc1. The van der Waals surface area contributed by atoms with E-state index in [2.05, 4.69) is 115 Å². The molecule has 1 unspecified atom stereocenters. The van der Waals surface area contributed by atoms with E-state index in [1.807, 2.05) is 24.3 Å². The molecule has 5 rings (SSSR count). The van der Waals surface area contributed by atoms with Crippen molar-refractivity contribution in [3.05, 3.63) is 151 Å². The van der Waals surface area contributed by atoms with Gasteiger partial charge in [0, 0.05) is 0 Å². The Balaban J connectivity index is 1.66. The topological polar surface area (TPSA) is 18.5 Å². The van der Waals surface area contributed by atoms with Gasteiger partial charge in [-0.15, -0.1) is 0 Å². The molecular weight excluding hydrogens is 495 g/mol. The molecule has 0 bridgehead atoms. The van der Waals surface area contributed by atoms with Gasteiger partial charge in [-0.2, -0.15) is 0 Å². The fourth-order valence-electron chi connectivity index (χ4n) is 4.99. The summed E-state index contributed by atoms with van der Waals surface area (Å²) in [6, 6.07) is 48.4. The number of rotatable bonds is 9. The Hall–Kier alpha value is -3.58. The van der Waals surface area contributed by atoms with Crippen LogP contribution in [-0.4, -0.2) is 7.11 Å². The third-order valence-corrected chi connectivity index (χ3v) is 12.8. The molecule has 4 heteroatoms. The second kappa shape index (κ2) is 11.6. The van der Waals surface area contributed by atoms with E-state index in [0.29, 0.717) is 18.1 Å². The first-order valence-corrected chi connectivity index (χ1v) is 14.9. The van der Waals surface area contributed by atoms with Gasteiger partial charge in [0.25, 0.3) is 0 Å². The van der Waals surface area contributed by atoms with Gasteiger partial charge in [0.05, 0.1) is 0 Å². The predicted molar refractivity (Wildman–Crippen MR) is 159 cm³/mol. The van der Waals surface area contributed by atoms with E-state index in [1.54, 1.807) is 7.11 Å². The molecule has 0 aliphatic heterocycles. The monoisotopic (exact) mass is 524 g/mol. The summed E-state index contributed by atoms with van der Waals surface area (Å²) in [6.07, 6.45) is 0. The van der Waals surface area contributed by atoms with Crippen molar-refractivity contribution in [3.63, 3.8) is 0 Å². The number of hydrogen-bond donors (Lipinski definition) is 0. The van der Waals surface area contributed by atoms with Crippen molar-refractivity contribution in [2.24, 2.45) is 0 Å². The molecule has 0 aliphatic rings. The van der Waals surface area contributed by atoms with E-state index < -0.39 is 7.26 Å². The second-order valence-electron chi connectivity index (χ2n) is 8.95. The third kappa shape index (κ3) is 5.14. The van der Waals surface area contributed by atoms with Crippen LogP contribution in [0.25, 0.3) is 0 Å². The Labute approximate surface area is 224 Å². The van der Waals surface area contributed by atoms with Crippen LogP contribution >= 0.6 is 18.9 Å². The van der Waals surface area contributed by atoms with E-state index in [-0.39, 0.29) is 5.12 Å². The molecule has 37 heavy (non-hydrogen) atoms. The molecule has 0 heterocycles. The standard InChI is InChI=1S/C33H30ClO2P/c1-35-31-23-22-27(24-32(31)36-25-26-14-6-2-7-15-26)33(34)37(28-16-8-3-9-17-28,29-18-10-4-11-19-29)30-20-12-5-13-21-30/h2-24,33,37H,25H2,1H3. The molecule has 0 N–H and O–H groups in total. The van der Waals surface area contributed by atoms with Crippen molar-refractivity contribution in [2.75, 3.05) is 7.11 Å². The van der Waals surface area contributed by atoms with Crippen molar-refractivity contribution < 1.29 is 9.47 Å². The molecule has 5 aromatic rings. The van der Waals surface area contributed by atoms with Gasteiger partial charge in [-0.05, 0) is 0 Å². The molecule has 0 amide bonds. The molecule has 0 spiro atoms. The zero-order valence-electron chi connectivity index (χ0n) is 20.8. The molecule has 0 saturated heterocycles. The zero-order chi connectivity index (χ0) is 25.5. The maximum absolute atomic E-state index is 7.68. The molecular formula is C33H30ClO2P. The quantitative estimate of drug-likeness (QED) is 0.149. The number of benzene rings is 5. The first-order valence-electron chi connectivity index (χ1n) is 12.4. The minimum absolute atomic E-state index is 0.301. The van der Waals surface area contributed by atoms with Gasteiger partial charge in [0.1, 0.15) is 0 Å². The van der Waals surface area contributed by atoms with Gasteiger partial charge in [0.15, 0.2) is 0 Å². The fourth-order valence-corrected chi connectivity index (χ4v) is 11.0. The molecule has 186 valence electrons. The van der Waals surface area contributed by atoms with Gasteiger partial charge in [-0.3, -0.25) is 0 Å². The summed E-state index contributed by atoms with van der Waals surface area (Å²) >= 11 is 7.68. The first-order chi connectivity index (χ1) is 18.2. The average Bonchev–Trinajstić information content (AvgIpc) is 2.98. The number of hydrogen-bond acceptors (Lipinski definition) is 2. The van der Waals surface area contributed by atoms with Crippen molar-refractivity contribution in [3.8, 4) is 11.5 Å². The Morgan fingerprint density at radius 1 is 0.595 bits per heavy atom. The van der Waals surface area contributed by atoms with Crippen LogP contribution < -0.4 is 25.4 Å². The van der Waals surface area contributed by atoms with Gasteiger partial charge in [-0.25, -0.2) is 0 Å². The van der Waals surface area contributed by atoms with E-state index >= 15 is 0 Å². The molecule has 1 atom stereocenters. The fraction of sp³-hybridized carbons (Fsp3) is 0.0909. The summed E-state index contributed by atoms with van der Waals surface area (Å²) in [5, 5.41) is 3.48. The number of halogens is 1. The van der Waals surface area contributed by atoms with Crippen molar-refractivity contribution in [1.29, 1.82) is 0 Å². The van der Waals surface area contributed by atoms with Gasteiger partial charge < -0.3 is 0 Å². The van der Waals surface area contributed by atoms with Crippen LogP contribution in [0.5, 0.6) is 11.5 Å². The van der Waals surface area contributed by atoms with Crippen LogP contribution in [0.15, 0.2) is 140 Å². The molecule has 0 aliphatic carbocycles. The van der Waals surface area contributed by atoms with E-state index in [0.717, 1.165) is 11.1 Å². The Morgan fingerprint density at radius 2 is 1.05 bits per heavy atom. The molecule has 2 nitrogen and oxygen atoms in total. The van der Waals surface area contributed by atoms with Crippen LogP contribution in [-0.2, 0) is 6.61 Å². The number of ether oxygens (including phenoxy) is 2. The zero-order valence-corrected chi connectivity index (χ0v) is 22.5. The molecule has 0 fully saturated rings. The normalized spacial score (nSPS) is 12.5. The van der Waals surface area contributed by atoms with E-state index in [4.69, 9.17) is 21.1 Å². The minimum atomic E-state index is -2.74. The Bertz CT molecular complexity index is 1310. The predicted octanol–water partition coefficient (Wildman–Crippen LogP) is 7.24. The average molecular weight is 525 g/mol. The second-order valence-corrected chi connectivity index (χ2v) is 13.7. The summed E-state index contributed by atoms with van der Waals surface area (Å²) in [5.74, 6) is 1.38. The van der Waals surface area contributed by atoms with E-state index in [1.165, 1.54) is 15.9 Å². The van der Waals surface area contributed by atoms with Gasteiger partial charge in [-0.1, -0.05) is 0 Å². The number of methoxy groups -OCH3 is 1. The maximum atomic E-state index is 7.68. The van der Waals surface area contributed by atoms with Crippen LogP contribution in [0.4, 0.5) is 0 Å². The summed E-state index contributed by atoms with van der Waals surface area (Å²) in [4.78, 5) is 0. The summed E-state index contributed by atoms with van der Waals surface area (Å²) < 4.78 is 11.9. The van der Waals surface area contributed by atoms with Crippen LogP contribution in [0.2, 0.25) is 0 Å². The van der Waals surface area contributed by atoms with Gasteiger partial charge in [0.2, 0.25) is 0 Å². The van der Waals surface area contributed by atoms with Crippen molar-refractivity contribution in [1.82, 2.24) is 0 Å². The Kier molecular flexibility index (Phi) is 7.90. The first kappa shape index (κ1) is 25.1. The van der Waals surface area contributed by atoms with Crippen LogP contribution in [0, 0.1) is 0 Å². The molecule has 5 aromatic carbocycles. The summed E-state index contributed by atoms with van der Waals surface area (Å²) in [7, 11) is -1.07. The molecule has 0 radical (unpaired) electrons. The van der Waals surface area contributed by atoms with Crippen molar-refractivity contribution >= 4 is 34.8 Å². The van der Waals surface area contributed by atoms with Gasteiger partial charge >= 0.3 is 225 Å². The number of alkyl halides is 1. The Morgan fingerprint density at radius 3 is 1.51 bits per heavy atom. The summed E-state index contributed by atoms with van der Waals surface area (Å²) in [6.45, 7) is 0.451. The molecule has 0 saturated carbocycles. The van der Waals surface area contributed by atoms with Crippen LogP contribution in [0.3, 0.4) is 0 Å². The molecule has 0 aromatic heterocycles. The van der Waals surface area contributed by atoms with Crippen molar-refractivity contribution in [2.45, 2.75) is 11.7 Å². The third-order valence-electron chi connectivity index (χ3n) is 6.79.